The first-order valence-corrected chi connectivity index (χ1v) is 14.5. The van der Waals surface area contributed by atoms with Gasteiger partial charge >= 0.3 is 0 Å². The maximum atomic E-state index is 13.5. The Morgan fingerprint density at radius 1 is 0.643 bits per heavy atom. The zero-order valence-electron chi connectivity index (χ0n) is 23.9. The minimum Gasteiger partial charge on any atom is -0.496 e. The number of rotatable bonds is 15. The molecule has 10 heteroatoms. The largest absolute Gasteiger partial charge is 0.496 e. The number of hydrogen-bond donors (Lipinski definition) is 3. The van der Waals surface area contributed by atoms with Crippen LogP contribution in [0.4, 0.5) is 0 Å². The first kappa shape index (κ1) is 29.4. The molecule has 10 nitrogen and oxygen atoms in total. The van der Waals surface area contributed by atoms with Crippen molar-refractivity contribution in [2.24, 2.45) is 5.73 Å². The fourth-order valence-electron chi connectivity index (χ4n) is 5.70. The zero-order chi connectivity index (χ0) is 29.6. The lowest BCUT2D eigenvalue weighted by Crippen LogP contribution is -2.44. The van der Waals surface area contributed by atoms with Crippen molar-refractivity contribution in [1.29, 1.82) is 0 Å². The molecule has 0 atom stereocenters. The Balaban J connectivity index is 1.26. The van der Waals surface area contributed by atoms with Gasteiger partial charge in [-0.1, -0.05) is 18.2 Å². The van der Waals surface area contributed by atoms with Crippen LogP contribution in [0.1, 0.15) is 72.7 Å². The predicted molar refractivity (Wildman–Crippen MR) is 160 cm³/mol. The highest BCUT2D eigenvalue weighted by atomic mass is 16.5. The Hall–Kier alpha value is -4.12. The van der Waals surface area contributed by atoms with Gasteiger partial charge in [0.05, 0.1) is 7.11 Å². The molecule has 0 saturated carbocycles. The van der Waals surface area contributed by atoms with Crippen molar-refractivity contribution < 1.29 is 23.9 Å². The number of hydrogen-bond acceptors (Lipinski definition) is 8. The molecule has 2 heterocycles. The lowest BCUT2D eigenvalue weighted by atomic mass is 9.86. The minimum atomic E-state index is -0.413. The van der Waals surface area contributed by atoms with Gasteiger partial charge in [0, 0.05) is 58.2 Å². The highest BCUT2D eigenvalue weighted by molar-refractivity contribution is 6.33. The summed E-state index contributed by atoms with van der Waals surface area (Å²) >= 11 is 0. The van der Waals surface area contributed by atoms with Crippen LogP contribution in [-0.4, -0.2) is 79.8 Å². The molecule has 0 aliphatic carbocycles. The predicted octanol–water partition coefficient (Wildman–Crippen LogP) is 2.94. The summed E-state index contributed by atoms with van der Waals surface area (Å²) < 4.78 is 5.38. The van der Waals surface area contributed by atoms with Crippen molar-refractivity contribution in [3.8, 4) is 5.75 Å². The van der Waals surface area contributed by atoms with Gasteiger partial charge in [0.2, 0.25) is 0 Å². The Morgan fingerprint density at radius 3 is 1.62 bits per heavy atom. The molecule has 4 amide bonds. The van der Waals surface area contributed by atoms with E-state index >= 15 is 0 Å². The molecular weight excluding hydrogens is 534 g/mol. The first-order valence-electron chi connectivity index (χ1n) is 14.5. The third-order valence-electron chi connectivity index (χ3n) is 7.85. The van der Waals surface area contributed by atoms with Gasteiger partial charge in [0.25, 0.3) is 23.6 Å². The Kier molecular flexibility index (Phi) is 9.26. The van der Waals surface area contributed by atoms with E-state index < -0.39 is 23.6 Å². The van der Waals surface area contributed by atoms with Gasteiger partial charge in [-0.3, -0.25) is 29.0 Å². The van der Waals surface area contributed by atoms with Gasteiger partial charge in [-0.15, -0.1) is 0 Å². The number of imide groups is 2. The average Bonchev–Trinajstić information content (AvgIpc) is 3.01. The third-order valence-corrected chi connectivity index (χ3v) is 7.85. The monoisotopic (exact) mass is 571 g/mol. The molecule has 5 rings (SSSR count). The number of amides is 4. The molecule has 3 aromatic rings. The van der Waals surface area contributed by atoms with E-state index in [9.17, 15) is 19.2 Å². The third kappa shape index (κ3) is 5.65. The lowest BCUT2D eigenvalue weighted by Gasteiger charge is -2.32. The fraction of sp³-hybridized carbons (Fsp3) is 0.375. The Bertz CT molecular complexity index is 1450. The highest BCUT2D eigenvalue weighted by Crippen LogP contribution is 2.37. The molecule has 4 N–H and O–H groups in total. The van der Waals surface area contributed by atoms with E-state index in [1.807, 2.05) is 24.3 Å². The van der Waals surface area contributed by atoms with Crippen molar-refractivity contribution in [1.82, 2.24) is 20.4 Å². The molecule has 0 fully saturated rings. The Morgan fingerprint density at radius 2 is 1.12 bits per heavy atom. The van der Waals surface area contributed by atoms with Gasteiger partial charge in [-0.25, -0.2) is 0 Å². The zero-order valence-corrected chi connectivity index (χ0v) is 23.9. The summed E-state index contributed by atoms with van der Waals surface area (Å²) in [7, 11) is 1.63. The van der Waals surface area contributed by atoms with Gasteiger partial charge in [-0.05, 0) is 82.2 Å². The fourth-order valence-corrected chi connectivity index (χ4v) is 5.70. The van der Waals surface area contributed by atoms with Crippen molar-refractivity contribution in [3.63, 3.8) is 0 Å². The number of nitrogens with zero attached hydrogens (tertiary/aromatic N) is 2. The van der Waals surface area contributed by atoms with Crippen molar-refractivity contribution in [2.45, 2.75) is 32.2 Å². The number of carbonyl (C=O) groups is 4. The number of benzene rings is 3. The van der Waals surface area contributed by atoms with E-state index in [1.165, 1.54) is 9.80 Å². The molecule has 0 bridgehead atoms. The molecule has 0 unspecified atom stereocenters. The molecule has 0 saturated heterocycles. The van der Waals surface area contributed by atoms with Crippen LogP contribution in [0.25, 0.3) is 10.8 Å². The number of nitrogens with one attached hydrogen (secondary N) is 2. The summed E-state index contributed by atoms with van der Waals surface area (Å²) in [5.41, 5.74) is 7.90. The van der Waals surface area contributed by atoms with Crippen LogP contribution in [0.2, 0.25) is 0 Å². The van der Waals surface area contributed by atoms with Crippen LogP contribution < -0.4 is 21.1 Å². The van der Waals surface area contributed by atoms with E-state index in [-0.39, 0.29) is 13.1 Å². The van der Waals surface area contributed by atoms with Gasteiger partial charge in [-0.2, -0.15) is 0 Å². The summed E-state index contributed by atoms with van der Waals surface area (Å²) in [6.45, 7) is 3.89. The summed E-state index contributed by atoms with van der Waals surface area (Å²) in [5, 5.41) is 7.45. The van der Waals surface area contributed by atoms with Crippen LogP contribution in [0.5, 0.6) is 5.75 Å². The number of para-hydroxylation sites is 1. The second-order valence-electron chi connectivity index (χ2n) is 10.5. The topological polar surface area (TPSA) is 134 Å². The maximum Gasteiger partial charge on any atom is 0.261 e. The number of carbonyl (C=O) groups excluding carboxylic acids is 4. The summed E-state index contributed by atoms with van der Waals surface area (Å²) in [5.74, 6) is -0.826. The maximum absolute atomic E-state index is 13.5. The first-order chi connectivity index (χ1) is 20.5. The van der Waals surface area contributed by atoms with Crippen LogP contribution in [-0.2, 0) is 6.54 Å². The molecule has 2 aliphatic heterocycles. The molecule has 2 aliphatic rings. The molecular formula is C32H37N5O5. The number of ether oxygens (including phenoxy) is 1. The standard InChI is InChI=1S/C32H37N5O5/c1-42-26-9-3-2-8-21(26)20-35-17-7-19-37-31(40)24-12-10-22-27-23(11-13-25(28(24)27)32(37)41)30(39)36(29(22)38)18-6-16-34-15-5-4-14-33/h2-3,8-13,34-35H,4-7,14-20,33H2,1H3. The average molecular weight is 572 g/mol. The van der Waals surface area contributed by atoms with Gasteiger partial charge < -0.3 is 21.1 Å². The Labute approximate surface area is 245 Å². The second-order valence-corrected chi connectivity index (χ2v) is 10.5. The normalized spacial score (nSPS) is 14.3. The summed E-state index contributed by atoms with van der Waals surface area (Å²) in [6.07, 6.45) is 3.11. The van der Waals surface area contributed by atoms with E-state index in [4.69, 9.17) is 10.5 Å². The molecule has 220 valence electrons. The number of unbranched alkanes of at least 4 members (excludes halogenated alkanes) is 1. The molecule has 0 radical (unpaired) electrons. The number of methoxy groups -OCH3 is 1. The molecule has 42 heavy (non-hydrogen) atoms. The number of nitrogens with two attached hydrogens (primary N) is 1. The van der Waals surface area contributed by atoms with E-state index in [2.05, 4.69) is 10.6 Å². The molecule has 0 aromatic heterocycles. The van der Waals surface area contributed by atoms with Crippen LogP contribution >= 0.6 is 0 Å². The van der Waals surface area contributed by atoms with Crippen molar-refractivity contribution in [3.05, 3.63) is 76.3 Å². The van der Waals surface area contributed by atoms with E-state index in [0.717, 1.165) is 30.7 Å². The van der Waals surface area contributed by atoms with E-state index in [0.29, 0.717) is 72.0 Å². The van der Waals surface area contributed by atoms with Crippen LogP contribution in [0.15, 0.2) is 48.5 Å². The van der Waals surface area contributed by atoms with Gasteiger partial charge in [0.15, 0.2) is 0 Å². The quantitative estimate of drug-likeness (QED) is 0.187. The summed E-state index contributed by atoms with van der Waals surface area (Å²) in [4.78, 5) is 56.3. The molecule has 3 aromatic carbocycles. The second kappa shape index (κ2) is 13.2. The minimum absolute atomic E-state index is 0.243. The highest BCUT2D eigenvalue weighted by Gasteiger charge is 2.39. The van der Waals surface area contributed by atoms with Crippen molar-refractivity contribution >= 4 is 34.4 Å². The van der Waals surface area contributed by atoms with E-state index in [1.54, 1.807) is 31.4 Å². The lowest BCUT2D eigenvalue weighted by molar-refractivity contribution is 0.0587. The summed E-state index contributed by atoms with van der Waals surface area (Å²) in [6, 6.07) is 14.2. The molecule has 0 spiro atoms. The smallest absolute Gasteiger partial charge is 0.261 e. The SMILES string of the molecule is COc1ccccc1CNCCCN1C(=O)c2ccc3c4c(ccc(c24)C1=O)C(=O)N(CCCNCCCCN)C3=O. The van der Waals surface area contributed by atoms with Gasteiger partial charge in [0.1, 0.15) is 5.75 Å². The van der Waals surface area contributed by atoms with Crippen LogP contribution in [0.3, 0.4) is 0 Å². The van der Waals surface area contributed by atoms with Crippen molar-refractivity contribution in [2.75, 3.05) is 46.4 Å². The van der Waals surface area contributed by atoms with Crippen LogP contribution in [0, 0.1) is 0 Å².